The third-order valence-electron chi connectivity index (χ3n) is 4.75. The van der Waals surface area contributed by atoms with E-state index in [0.29, 0.717) is 6.54 Å². The van der Waals surface area contributed by atoms with Gasteiger partial charge in [0.05, 0.1) is 19.3 Å². The van der Waals surface area contributed by atoms with Crippen LogP contribution in [0.2, 0.25) is 0 Å². The average molecular weight is 341 g/mol. The van der Waals surface area contributed by atoms with Crippen LogP contribution < -0.4 is 5.32 Å². The number of hydrogen-bond donors (Lipinski definition) is 1. The van der Waals surface area contributed by atoms with Crippen LogP contribution in [0.1, 0.15) is 33.2 Å². The van der Waals surface area contributed by atoms with E-state index in [-0.39, 0.29) is 11.9 Å². The number of carbonyl (C=O) groups is 1. The number of aryl methyl sites for hydroxylation is 3. The Hall–Kier alpha value is -2.11. The smallest absolute Gasteiger partial charge is 0.251 e. The number of benzene rings is 1. The third-order valence-corrected chi connectivity index (χ3v) is 4.75. The highest BCUT2D eigenvalue weighted by molar-refractivity contribution is 5.94. The number of nitrogens with one attached hydrogen (secondary N) is 1. The molecule has 0 spiro atoms. The van der Waals surface area contributed by atoms with Crippen molar-refractivity contribution in [3.8, 4) is 0 Å². The van der Waals surface area contributed by atoms with E-state index in [4.69, 9.17) is 4.74 Å². The van der Waals surface area contributed by atoms with Crippen molar-refractivity contribution in [1.82, 2.24) is 14.8 Å². The summed E-state index contributed by atoms with van der Waals surface area (Å²) in [5, 5.41) is 3.13. The van der Waals surface area contributed by atoms with Gasteiger partial charge in [0.2, 0.25) is 0 Å². The minimum Gasteiger partial charge on any atom is -0.379 e. The second-order valence-electron chi connectivity index (χ2n) is 6.79. The molecule has 1 aliphatic rings. The van der Waals surface area contributed by atoms with Gasteiger partial charge in [0.1, 0.15) is 0 Å². The Bertz CT molecular complexity index is 712. The number of nitrogens with zero attached hydrogens (tertiary/aromatic N) is 2. The lowest BCUT2D eigenvalue weighted by atomic mass is 10.1. The van der Waals surface area contributed by atoms with Crippen molar-refractivity contribution in [2.75, 3.05) is 32.8 Å². The number of morpholine rings is 1. The van der Waals surface area contributed by atoms with Gasteiger partial charge in [0.25, 0.3) is 5.91 Å². The van der Waals surface area contributed by atoms with E-state index >= 15 is 0 Å². The van der Waals surface area contributed by atoms with E-state index < -0.39 is 0 Å². The quantitative estimate of drug-likeness (QED) is 0.909. The van der Waals surface area contributed by atoms with Crippen molar-refractivity contribution >= 4 is 5.91 Å². The van der Waals surface area contributed by atoms with Gasteiger partial charge in [-0.15, -0.1) is 0 Å². The molecule has 0 aliphatic carbocycles. The number of carbonyl (C=O) groups excluding carboxylic acids is 1. The van der Waals surface area contributed by atoms with Crippen LogP contribution in [0.4, 0.5) is 0 Å². The summed E-state index contributed by atoms with van der Waals surface area (Å²) in [4.78, 5) is 15.0. The predicted molar refractivity (Wildman–Crippen MR) is 98.8 cm³/mol. The van der Waals surface area contributed by atoms with E-state index in [1.165, 1.54) is 5.69 Å². The molecule has 1 aliphatic heterocycles. The Morgan fingerprint density at radius 1 is 1.20 bits per heavy atom. The molecule has 5 nitrogen and oxygen atoms in total. The molecule has 1 fully saturated rings. The van der Waals surface area contributed by atoms with Gasteiger partial charge in [-0.25, -0.2) is 0 Å². The zero-order valence-electron chi connectivity index (χ0n) is 15.3. The van der Waals surface area contributed by atoms with Crippen LogP contribution in [0, 0.1) is 13.8 Å². The number of ether oxygens (including phenoxy) is 1. The van der Waals surface area contributed by atoms with E-state index in [2.05, 4.69) is 46.2 Å². The lowest BCUT2D eigenvalue weighted by Crippen LogP contribution is -2.44. The normalized spacial score (nSPS) is 16.6. The first kappa shape index (κ1) is 17.7. The van der Waals surface area contributed by atoms with Gasteiger partial charge in [-0.05, 0) is 38.1 Å². The maximum absolute atomic E-state index is 12.6. The Balaban J connectivity index is 1.74. The minimum atomic E-state index is -0.0146. The molecule has 3 rings (SSSR count). The molecule has 5 heteroatoms. The number of aromatic nitrogens is 1. The summed E-state index contributed by atoms with van der Waals surface area (Å²) < 4.78 is 7.61. The summed E-state index contributed by atoms with van der Waals surface area (Å²) >= 11 is 0. The molecule has 25 heavy (non-hydrogen) atoms. The maximum Gasteiger partial charge on any atom is 0.251 e. The molecule has 1 unspecified atom stereocenters. The Morgan fingerprint density at radius 3 is 2.48 bits per heavy atom. The summed E-state index contributed by atoms with van der Waals surface area (Å²) in [6.07, 6.45) is 2.05. The van der Waals surface area contributed by atoms with Crippen molar-refractivity contribution < 1.29 is 9.53 Å². The fourth-order valence-electron chi connectivity index (χ4n) is 3.53. The molecule has 0 radical (unpaired) electrons. The molecule has 2 heterocycles. The van der Waals surface area contributed by atoms with Gasteiger partial charge in [-0.2, -0.15) is 0 Å². The van der Waals surface area contributed by atoms with Gasteiger partial charge in [0, 0.05) is 44.1 Å². The second kappa shape index (κ2) is 7.85. The van der Waals surface area contributed by atoms with Crippen molar-refractivity contribution in [3.63, 3.8) is 0 Å². The molecule has 1 aromatic heterocycles. The first-order valence-electron chi connectivity index (χ1n) is 8.84. The van der Waals surface area contributed by atoms with Crippen LogP contribution in [0.5, 0.6) is 0 Å². The van der Waals surface area contributed by atoms with E-state index in [9.17, 15) is 4.79 Å². The molecule has 0 bridgehead atoms. The second-order valence-corrected chi connectivity index (χ2v) is 6.79. The van der Waals surface area contributed by atoms with E-state index in [1.807, 2.05) is 26.0 Å². The first-order chi connectivity index (χ1) is 12.0. The molecule has 1 atom stereocenters. The third kappa shape index (κ3) is 4.30. The van der Waals surface area contributed by atoms with Crippen LogP contribution in [0.3, 0.4) is 0 Å². The lowest BCUT2D eigenvalue weighted by molar-refractivity contribution is 0.0148. The Morgan fingerprint density at radius 2 is 1.88 bits per heavy atom. The fraction of sp³-hybridized carbons (Fsp3) is 0.450. The molecule has 1 aromatic carbocycles. The molecular weight excluding hydrogens is 314 g/mol. The highest BCUT2D eigenvalue weighted by atomic mass is 16.5. The van der Waals surface area contributed by atoms with Gasteiger partial charge in [-0.3, -0.25) is 9.69 Å². The molecule has 134 valence electrons. The standard InChI is InChI=1S/C20H27N3O2/c1-15-11-16(2)13-17(12-15)20(24)21-14-19(18-5-4-6-22(18)3)23-7-9-25-10-8-23/h4-6,11-13,19H,7-10,14H2,1-3H3,(H,21,24). The molecule has 2 aromatic rings. The fourth-order valence-corrected chi connectivity index (χ4v) is 3.53. The van der Waals surface area contributed by atoms with E-state index in [1.54, 1.807) is 0 Å². The SMILES string of the molecule is Cc1cc(C)cc(C(=O)NCC(c2cccn2C)N2CCOCC2)c1. The van der Waals surface area contributed by atoms with Gasteiger partial charge in [-0.1, -0.05) is 17.2 Å². The van der Waals surface area contributed by atoms with Crippen molar-refractivity contribution in [3.05, 3.63) is 58.9 Å². The largest absolute Gasteiger partial charge is 0.379 e. The highest BCUT2D eigenvalue weighted by Crippen LogP contribution is 2.21. The van der Waals surface area contributed by atoms with Crippen LogP contribution in [-0.2, 0) is 11.8 Å². The maximum atomic E-state index is 12.6. The molecule has 0 saturated carbocycles. The lowest BCUT2D eigenvalue weighted by Gasteiger charge is -2.35. The first-order valence-corrected chi connectivity index (χ1v) is 8.84. The van der Waals surface area contributed by atoms with Crippen molar-refractivity contribution in [2.24, 2.45) is 7.05 Å². The van der Waals surface area contributed by atoms with Crippen molar-refractivity contribution in [1.29, 1.82) is 0 Å². The molecule has 1 saturated heterocycles. The van der Waals surface area contributed by atoms with Gasteiger partial charge < -0.3 is 14.6 Å². The summed E-state index contributed by atoms with van der Waals surface area (Å²) in [5.41, 5.74) is 4.15. The molecule has 1 N–H and O–H groups in total. The zero-order chi connectivity index (χ0) is 17.8. The van der Waals surface area contributed by atoms with Crippen LogP contribution in [0.15, 0.2) is 36.5 Å². The summed E-state index contributed by atoms with van der Waals surface area (Å²) in [7, 11) is 2.05. The summed E-state index contributed by atoms with van der Waals surface area (Å²) in [6, 6.07) is 10.3. The predicted octanol–water partition coefficient (Wildman–Crippen LogP) is 2.45. The average Bonchev–Trinajstić information content (AvgIpc) is 3.01. The number of amides is 1. The topological polar surface area (TPSA) is 46.5 Å². The van der Waals surface area contributed by atoms with Crippen LogP contribution in [-0.4, -0.2) is 48.2 Å². The highest BCUT2D eigenvalue weighted by Gasteiger charge is 2.25. The monoisotopic (exact) mass is 341 g/mol. The van der Waals surface area contributed by atoms with Crippen LogP contribution in [0.25, 0.3) is 0 Å². The van der Waals surface area contributed by atoms with Gasteiger partial charge >= 0.3 is 0 Å². The molecular formula is C20H27N3O2. The van der Waals surface area contributed by atoms with Gasteiger partial charge in [0.15, 0.2) is 0 Å². The molecule has 1 amide bonds. The number of hydrogen-bond acceptors (Lipinski definition) is 3. The Kier molecular flexibility index (Phi) is 5.56. The van der Waals surface area contributed by atoms with Crippen LogP contribution >= 0.6 is 0 Å². The van der Waals surface area contributed by atoms with Crippen molar-refractivity contribution in [2.45, 2.75) is 19.9 Å². The minimum absolute atomic E-state index is 0.0146. The Labute approximate surface area is 149 Å². The van der Waals surface area contributed by atoms with E-state index in [0.717, 1.165) is 43.0 Å². The summed E-state index contributed by atoms with van der Waals surface area (Å²) in [6.45, 7) is 7.88. The summed E-state index contributed by atoms with van der Waals surface area (Å²) in [5.74, 6) is -0.0146. The zero-order valence-corrected chi connectivity index (χ0v) is 15.3. The number of rotatable bonds is 5.